The van der Waals surface area contributed by atoms with Gasteiger partial charge in [-0.2, -0.15) is 0 Å². The summed E-state index contributed by atoms with van der Waals surface area (Å²) in [6, 6.07) is 5.22. The average molecular weight is 286 g/mol. The Bertz CT molecular complexity index is 463. The van der Waals surface area contributed by atoms with Gasteiger partial charge in [-0.15, -0.1) is 0 Å². The highest BCUT2D eigenvalue weighted by Crippen LogP contribution is 2.34. The van der Waals surface area contributed by atoms with Crippen LogP contribution in [0.1, 0.15) is 19.3 Å². The van der Waals surface area contributed by atoms with E-state index in [-0.39, 0.29) is 22.5 Å². The quantitative estimate of drug-likeness (QED) is 0.905. The Balaban J connectivity index is 1.71. The molecule has 1 spiro atoms. The molecule has 1 aromatic carbocycles. The van der Waals surface area contributed by atoms with Crippen molar-refractivity contribution in [3.8, 4) is 0 Å². The Kier molecular flexibility index (Phi) is 3.65. The standard InChI is InChI=1S/C14H17ClFNO2/c15-11-2-1-3-12(13(11)16)17-10-4-6-19-14(8-10)5-7-18-9-14/h1-3,10,17H,4-9H2. The molecule has 1 aromatic rings. The molecule has 2 fully saturated rings. The molecular formula is C14H17ClFNO2. The third kappa shape index (κ3) is 2.71. The van der Waals surface area contributed by atoms with E-state index in [0.29, 0.717) is 18.9 Å². The summed E-state index contributed by atoms with van der Waals surface area (Å²) in [6.07, 6.45) is 2.63. The van der Waals surface area contributed by atoms with E-state index in [1.165, 1.54) is 0 Å². The lowest BCUT2D eigenvalue weighted by Gasteiger charge is -2.37. The third-order valence-electron chi connectivity index (χ3n) is 3.87. The van der Waals surface area contributed by atoms with Gasteiger partial charge >= 0.3 is 0 Å². The van der Waals surface area contributed by atoms with Crippen molar-refractivity contribution in [3.05, 3.63) is 29.0 Å². The normalized spacial score (nSPS) is 30.7. The predicted octanol–water partition coefficient (Wildman–Crippen LogP) is 3.23. The minimum atomic E-state index is -0.382. The molecule has 0 bridgehead atoms. The summed E-state index contributed by atoms with van der Waals surface area (Å²) in [4.78, 5) is 0. The Labute approximate surface area is 117 Å². The summed E-state index contributed by atoms with van der Waals surface area (Å²) >= 11 is 5.79. The summed E-state index contributed by atoms with van der Waals surface area (Å²) in [5, 5.41) is 3.40. The molecule has 2 unspecified atom stereocenters. The maximum Gasteiger partial charge on any atom is 0.164 e. The molecule has 1 N–H and O–H groups in total. The summed E-state index contributed by atoms with van der Waals surface area (Å²) in [6.45, 7) is 2.07. The van der Waals surface area contributed by atoms with Gasteiger partial charge in [0.15, 0.2) is 5.82 Å². The maximum atomic E-state index is 13.9. The van der Waals surface area contributed by atoms with Gasteiger partial charge in [0.25, 0.3) is 0 Å². The maximum absolute atomic E-state index is 13.9. The highest BCUT2D eigenvalue weighted by Gasteiger charge is 2.41. The van der Waals surface area contributed by atoms with Crippen molar-refractivity contribution in [2.24, 2.45) is 0 Å². The highest BCUT2D eigenvalue weighted by molar-refractivity contribution is 6.31. The van der Waals surface area contributed by atoms with Crippen molar-refractivity contribution in [1.82, 2.24) is 0 Å². The first-order valence-electron chi connectivity index (χ1n) is 6.61. The summed E-state index contributed by atoms with van der Waals surface area (Å²) in [5.41, 5.74) is 0.291. The number of hydrogen-bond donors (Lipinski definition) is 1. The molecule has 0 aromatic heterocycles. The zero-order chi connectivity index (χ0) is 13.3. The van der Waals surface area contributed by atoms with Crippen LogP contribution in [0.15, 0.2) is 18.2 Å². The van der Waals surface area contributed by atoms with Crippen LogP contribution in [0.25, 0.3) is 0 Å². The molecule has 5 heteroatoms. The van der Waals surface area contributed by atoms with E-state index in [1.54, 1.807) is 18.2 Å². The van der Waals surface area contributed by atoms with Crippen LogP contribution < -0.4 is 5.32 Å². The van der Waals surface area contributed by atoms with Crippen molar-refractivity contribution in [3.63, 3.8) is 0 Å². The third-order valence-corrected chi connectivity index (χ3v) is 4.16. The van der Waals surface area contributed by atoms with Gasteiger partial charge in [-0.1, -0.05) is 17.7 Å². The molecule has 104 valence electrons. The summed E-state index contributed by atoms with van der Waals surface area (Å²) in [7, 11) is 0. The summed E-state index contributed by atoms with van der Waals surface area (Å²) < 4.78 is 25.2. The minimum Gasteiger partial charge on any atom is -0.380 e. The molecule has 2 aliphatic rings. The molecule has 2 heterocycles. The number of nitrogens with one attached hydrogen (secondary N) is 1. The van der Waals surface area contributed by atoms with Crippen molar-refractivity contribution in [2.75, 3.05) is 25.1 Å². The Morgan fingerprint density at radius 2 is 2.26 bits per heavy atom. The van der Waals surface area contributed by atoms with E-state index < -0.39 is 0 Å². The summed E-state index contributed by atoms with van der Waals surface area (Å²) in [5.74, 6) is -0.382. The first-order chi connectivity index (χ1) is 9.19. The minimum absolute atomic E-state index is 0.149. The van der Waals surface area contributed by atoms with Crippen LogP contribution in [0.2, 0.25) is 5.02 Å². The van der Waals surface area contributed by atoms with Crippen LogP contribution in [-0.4, -0.2) is 31.5 Å². The molecular weight excluding hydrogens is 269 g/mol. The van der Waals surface area contributed by atoms with Gasteiger partial charge < -0.3 is 14.8 Å². The first kappa shape index (κ1) is 13.2. The van der Waals surface area contributed by atoms with Gasteiger partial charge in [-0.3, -0.25) is 0 Å². The lowest BCUT2D eigenvalue weighted by molar-refractivity contribution is -0.0828. The molecule has 3 nitrogen and oxygen atoms in total. The average Bonchev–Trinajstić information content (AvgIpc) is 2.83. The predicted molar refractivity (Wildman–Crippen MR) is 72.2 cm³/mol. The van der Waals surface area contributed by atoms with Crippen LogP contribution in [0.4, 0.5) is 10.1 Å². The van der Waals surface area contributed by atoms with Crippen molar-refractivity contribution < 1.29 is 13.9 Å². The lowest BCUT2D eigenvalue weighted by atomic mass is 9.89. The number of rotatable bonds is 2. The highest BCUT2D eigenvalue weighted by atomic mass is 35.5. The van der Waals surface area contributed by atoms with Gasteiger partial charge in [0, 0.05) is 25.7 Å². The second-order valence-electron chi connectivity index (χ2n) is 5.27. The largest absolute Gasteiger partial charge is 0.380 e. The van der Waals surface area contributed by atoms with Crippen molar-refractivity contribution in [1.29, 1.82) is 0 Å². The smallest absolute Gasteiger partial charge is 0.164 e. The van der Waals surface area contributed by atoms with Gasteiger partial charge in [0.2, 0.25) is 0 Å². The molecule has 0 aliphatic carbocycles. The number of halogens is 2. The van der Waals surface area contributed by atoms with Crippen LogP contribution in [0.3, 0.4) is 0 Å². The monoisotopic (exact) mass is 285 g/mol. The first-order valence-corrected chi connectivity index (χ1v) is 6.99. The van der Waals surface area contributed by atoms with Crippen LogP contribution in [0, 0.1) is 5.82 Å². The fourth-order valence-electron chi connectivity index (χ4n) is 2.85. The molecule has 2 aliphatic heterocycles. The van der Waals surface area contributed by atoms with Gasteiger partial charge in [0.05, 0.1) is 22.9 Å². The number of hydrogen-bond acceptors (Lipinski definition) is 3. The molecule has 3 rings (SSSR count). The number of anilines is 1. The number of benzene rings is 1. The fraction of sp³-hybridized carbons (Fsp3) is 0.571. The molecule has 19 heavy (non-hydrogen) atoms. The Morgan fingerprint density at radius 1 is 1.37 bits per heavy atom. The van der Waals surface area contributed by atoms with Crippen LogP contribution >= 0.6 is 11.6 Å². The van der Waals surface area contributed by atoms with E-state index in [4.69, 9.17) is 21.1 Å². The number of ether oxygens (including phenoxy) is 2. The lowest BCUT2D eigenvalue weighted by Crippen LogP contribution is -2.45. The Morgan fingerprint density at radius 3 is 3.05 bits per heavy atom. The van der Waals surface area contributed by atoms with E-state index >= 15 is 0 Å². The molecule has 0 saturated carbocycles. The van der Waals surface area contributed by atoms with E-state index in [2.05, 4.69) is 5.32 Å². The molecule has 2 saturated heterocycles. The van der Waals surface area contributed by atoms with Gasteiger partial charge in [-0.05, 0) is 25.0 Å². The van der Waals surface area contributed by atoms with Crippen molar-refractivity contribution >= 4 is 17.3 Å². The van der Waals surface area contributed by atoms with Gasteiger partial charge in [-0.25, -0.2) is 4.39 Å². The zero-order valence-electron chi connectivity index (χ0n) is 10.6. The second kappa shape index (κ2) is 5.27. The van der Waals surface area contributed by atoms with Crippen molar-refractivity contribution in [2.45, 2.75) is 30.9 Å². The topological polar surface area (TPSA) is 30.5 Å². The second-order valence-corrected chi connectivity index (χ2v) is 5.68. The molecule has 2 atom stereocenters. The SMILES string of the molecule is Fc1c(Cl)cccc1NC1CCOC2(CCOC2)C1. The Hall–Kier alpha value is -0.840. The molecule has 0 radical (unpaired) electrons. The fourth-order valence-corrected chi connectivity index (χ4v) is 3.02. The van der Waals surface area contributed by atoms with Crippen LogP contribution in [0.5, 0.6) is 0 Å². The van der Waals surface area contributed by atoms with E-state index in [9.17, 15) is 4.39 Å². The van der Waals surface area contributed by atoms with Crippen LogP contribution in [-0.2, 0) is 9.47 Å². The van der Waals surface area contributed by atoms with Gasteiger partial charge in [0.1, 0.15) is 0 Å². The van der Waals surface area contributed by atoms with E-state index in [1.807, 2.05) is 0 Å². The van der Waals surface area contributed by atoms with E-state index in [0.717, 1.165) is 25.9 Å². The zero-order valence-corrected chi connectivity index (χ0v) is 11.4. The molecule has 0 amide bonds.